The number of aryl methyl sites for hydroxylation is 1. The van der Waals surface area contributed by atoms with Crippen LogP contribution in [0.1, 0.15) is 30.2 Å². The fourth-order valence-electron chi connectivity index (χ4n) is 3.38. The molecule has 0 fully saturated rings. The second-order valence-corrected chi connectivity index (χ2v) is 7.76. The third-order valence-electron chi connectivity index (χ3n) is 4.70. The minimum absolute atomic E-state index is 0.177. The molecule has 0 radical (unpaired) electrons. The van der Waals surface area contributed by atoms with Crippen LogP contribution in [0.3, 0.4) is 0 Å². The molecule has 130 valence electrons. The van der Waals surface area contributed by atoms with Crippen LogP contribution in [0.2, 0.25) is 0 Å². The summed E-state index contributed by atoms with van der Waals surface area (Å²) in [4.78, 5) is 16.3. The van der Waals surface area contributed by atoms with E-state index in [4.69, 9.17) is 15.1 Å². The summed E-state index contributed by atoms with van der Waals surface area (Å²) in [5.74, 6) is 2.33. The van der Waals surface area contributed by atoms with Crippen molar-refractivity contribution in [1.29, 1.82) is 0 Å². The third kappa shape index (κ3) is 3.24. The average molecular weight is 354 g/mol. The van der Waals surface area contributed by atoms with Crippen LogP contribution in [0.5, 0.6) is 0 Å². The Morgan fingerprint density at radius 1 is 1.36 bits per heavy atom. The summed E-state index contributed by atoms with van der Waals surface area (Å²) in [5.41, 5.74) is 2.34. The number of nitrogens with one attached hydrogen (secondary N) is 1. The molecule has 3 heterocycles. The number of aromatic nitrogens is 3. The van der Waals surface area contributed by atoms with E-state index in [2.05, 4.69) is 17.2 Å². The Labute approximate surface area is 151 Å². The summed E-state index contributed by atoms with van der Waals surface area (Å²) in [6.45, 7) is 3.20. The van der Waals surface area contributed by atoms with E-state index in [1.54, 1.807) is 23.7 Å². The number of nitrogens with zero attached hydrogens (tertiary/aromatic N) is 3. The molecule has 0 amide bonds. The molecule has 3 aromatic heterocycles. The van der Waals surface area contributed by atoms with Gasteiger partial charge in [0.2, 0.25) is 0 Å². The van der Waals surface area contributed by atoms with E-state index >= 15 is 0 Å². The number of thiophene rings is 1. The largest absolute Gasteiger partial charge is 0.396 e. The predicted molar refractivity (Wildman–Crippen MR) is 102 cm³/mol. The molecule has 6 heteroatoms. The Morgan fingerprint density at radius 3 is 3.08 bits per heavy atom. The monoisotopic (exact) mass is 354 g/mol. The Balaban J connectivity index is 1.84. The van der Waals surface area contributed by atoms with Gasteiger partial charge in [-0.05, 0) is 49.3 Å². The highest BCUT2D eigenvalue weighted by Gasteiger charge is 2.24. The smallest absolute Gasteiger partial charge is 0.164 e. The highest BCUT2D eigenvalue weighted by Crippen LogP contribution is 2.40. The first-order valence-corrected chi connectivity index (χ1v) is 9.65. The van der Waals surface area contributed by atoms with Crippen molar-refractivity contribution in [2.75, 3.05) is 18.5 Å². The molecular weight excluding hydrogens is 332 g/mol. The summed E-state index contributed by atoms with van der Waals surface area (Å²) in [6, 6.07) is 3.89. The van der Waals surface area contributed by atoms with Crippen molar-refractivity contribution in [1.82, 2.24) is 15.0 Å². The number of anilines is 1. The number of hydrogen-bond donors (Lipinski definition) is 2. The molecule has 1 aliphatic rings. The SMILES string of the molecule is C[C@H]1CCc2c(sc3nc(-c4cccnc4)nc(NCCCO)c23)C1. The van der Waals surface area contributed by atoms with Crippen molar-refractivity contribution in [3.63, 3.8) is 0 Å². The zero-order valence-corrected chi connectivity index (χ0v) is 15.1. The van der Waals surface area contributed by atoms with Crippen molar-refractivity contribution in [2.45, 2.75) is 32.6 Å². The molecule has 3 aromatic rings. The number of rotatable bonds is 5. The first-order chi connectivity index (χ1) is 12.3. The standard InChI is InChI=1S/C19H22N4OS/c1-12-5-6-14-15(10-12)25-19-16(14)18(21-8-3-9-24)22-17(23-19)13-4-2-7-20-11-13/h2,4,7,11-12,24H,3,5-6,8-10H2,1H3,(H,21,22,23)/t12-/m0/s1. The fourth-order valence-corrected chi connectivity index (χ4v) is 4.76. The van der Waals surface area contributed by atoms with Crippen LogP contribution < -0.4 is 5.32 Å². The first-order valence-electron chi connectivity index (χ1n) is 8.83. The second-order valence-electron chi connectivity index (χ2n) is 6.67. The number of aliphatic hydroxyl groups is 1. The summed E-state index contributed by atoms with van der Waals surface area (Å²) in [7, 11) is 0. The highest BCUT2D eigenvalue weighted by atomic mass is 32.1. The molecule has 0 bridgehead atoms. The molecule has 0 saturated heterocycles. The minimum atomic E-state index is 0.177. The summed E-state index contributed by atoms with van der Waals surface area (Å²) >= 11 is 1.80. The lowest BCUT2D eigenvalue weighted by Gasteiger charge is -2.18. The lowest BCUT2D eigenvalue weighted by atomic mass is 9.89. The van der Waals surface area contributed by atoms with Crippen molar-refractivity contribution < 1.29 is 5.11 Å². The van der Waals surface area contributed by atoms with Gasteiger partial charge >= 0.3 is 0 Å². The molecule has 2 N–H and O–H groups in total. The van der Waals surface area contributed by atoms with Gasteiger partial charge in [0, 0.05) is 36.0 Å². The Bertz CT molecular complexity index is 878. The van der Waals surface area contributed by atoms with E-state index in [0.717, 1.165) is 35.0 Å². The van der Waals surface area contributed by atoms with Crippen LogP contribution in [-0.2, 0) is 12.8 Å². The van der Waals surface area contributed by atoms with Crippen LogP contribution in [0.25, 0.3) is 21.6 Å². The second kappa shape index (κ2) is 7.06. The number of hydrogen-bond acceptors (Lipinski definition) is 6. The van der Waals surface area contributed by atoms with Gasteiger partial charge in [0.15, 0.2) is 5.82 Å². The van der Waals surface area contributed by atoms with E-state index in [9.17, 15) is 0 Å². The zero-order chi connectivity index (χ0) is 17.2. The van der Waals surface area contributed by atoms with Gasteiger partial charge in [0.25, 0.3) is 0 Å². The van der Waals surface area contributed by atoms with Gasteiger partial charge < -0.3 is 10.4 Å². The lowest BCUT2D eigenvalue weighted by molar-refractivity contribution is 0.292. The Hall–Kier alpha value is -2.05. The molecule has 1 aliphatic carbocycles. The summed E-state index contributed by atoms with van der Waals surface area (Å²) < 4.78 is 0. The van der Waals surface area contributed by atoms with Crippen LogP contribution in [0.4, 0.5) is 5.82 Å². The molecule has 1 atom stereocenters. The maximum Gasteiger partial charge on any atom is 0.164 e. The molecule has 0 spiro atoms. The van der Waals surface area contributed by atoms with Gasteiger partial charge in [-0.25, -0.2) is 9.97 Å². The van der Waals surface area contributed by atoms with Crippen molar-refractivity contribution in [3.8, 4) is 11.4 Å². The van der Waals surface area contributed by atoms with E-state index in [0.29, 0.717) is 18.8 Å². The van der Waals surface area contributed by atoms with Crippen LogP contribution in [0, 0.1) is 5.92 Å². The van der Waals surface area contributed by atoms with E-state index < -0.39 is 0 Å². The van der Waals surface area contributed by atoms with E-state index in [1.165, 1.54) is 22.2 Å². The van der Waals surface area contributed by atoms with Crippen LogP contribution in [0.15, 0.2) is 24.5 Å². The lowest BCUT2D eigenvalue weighted by Crippen LogP contribution is -2.10. The van der Waals surface area contributed by atoms with Crippen LogP contribution >= 0.6 is 11.3 Å². The average Bonchev–Trinajstić information content (AvgIpc) is 3.00. The minimum Gasteiger partial charge on any atom is -0.396 e. The van der Waals surface area contributed by atoms with Gasteiger partial charge in [-0.3, -0.25) is 4.98 Å². The molecule has 0 aliphatic heterocycles. The number of pyridine rings is 1. The van der Waals surface area contributed by atoms with Gasteiger partial charge in [0.05, 0.1) is 5.39 Å². The Kier molecular flexibility index (Phi) is 4.63. The van der Waals surface area contributed by atoms with Crippen molar-refractivity contribution >= 4 is 27.4 Å². The first kappa shape index (κ1) is 16.4. The van der Waals surface area contributed by atoms with Crippen LogP contribution in [-0.4, -0.2) is 33.2 Å². The molecule has 25 heavy (non-hydrogen) atoms. The maximum atomic E-state index is 9.09. The molecular formula is C19H22N4OS. The van der Waals surface area contributed by atoms with E-state index in [-0.39, 0.29) is 6.61 Å². The molecule has 0 unspecified atom stereocenters. The van der Waals surface area contributed by atoms with Gasteiger partial charge in [0.1, 0.15) is 10.6 Å². The molecule has 0 saturated carbocycles. The fraction of sp³-hybridized carbons (Fsp3) is 0.421. The molecule has 0 aromatic carbocycles. The van der Waals surface area contributed by atoms with Crippen molar-refractivity contribution in [2.24, 2.45) is 5.92 Å². The number of aliphatic hydroxyl groups excluding tert-OH is 1. The molecule has 4 rings (SSSR count). The molecule has 5 nitrogen and oxygen atoms in total. The van der Waals surface area contributed by atoms with E-state index in [1.807, 2.05) is 12.1 Å². The Morgan fingerprint density at radius 2 is 2.28 bits per heavy atom. The number of fused-ring (bicyclic) bond motifs is 3. The summed E-state index contributed by atoms with van der Waals surface area (Å²) in [6.07, 6.45) is 7.72. The zero-order valence-electron chi connectivity index (χ0n) is 14.3. The topological polar surface area (TPSA) is 70.9 Å². The quantitative estimate of drug-likeness (QED) is 0.684. The highest BCUT2D eigenvalue weighted by molar-refractivity contribution is 7.19. The third-order valence-corrected chi connectivity index (χ3v) is 5.85. The van der Waals surface area contributed by atoms with Gasteiger partial charge in [-0.15, -0.1) is 11.3 Å². The predicted octanol–water partition coefficient (Wildman–Crippen LogP) is 3.67. The maximum absolute atomic E-state index is 9.09. The normalized spacial score (nSPS) is 16.8. The van der Waals surface area contributed by atoms with Crippen molar-refractivity contribution in [3.05, 3.63) is 35.0 Å². The van der Waals surface area contributed by atoms with Gasteiger partial charge in [-0.1, -0.05) is 6.92 Å². The van der Waals surface area contributed by atoms with Gasteiger partial charge in [-0.2, -0.15) is 0 Å². The summed E-state index contributed by atoms with van der Waals surface area (Å²) in [5, 5.41) is 13.7.